The van der Waals surface area contributed by atoms with E-state index in [4.69, 9.17) is 9.72 Å². The Bertz CT molecular complexity index is 896. The van der Waals surface area contributed by atoms with E-state index in [0.717, 1.165) is 28.8 Å². The van der Waals surface area contributed by atoms with Crippen LogP contribution in [0.2, 0.25) is 0 Å². The summed E-state index contributed by atoms with van der Waals surface area (Å²) in [5.41, 5.74) is 1.66. The van der Waals surface area contributed by atoms with Crippen LogP contribution >= 0.6 is 35.3 Å². The molecule has 2 aliphatic rings. The molecular weight excluding hydrogens is 513 g/mol. The first-order valence-electron chi connectivity index (χ1n) is 9.92. The zero-order valence-corrected chi connectivity index (χ0v) is 20.6. The molecule has 1 aromatic carbocycles. The van der Waals surface area contributed by atoms with Crippen molar-refractivity contribution in [2.75, 3.05) is 26.2 Å². The van der Waals surface area contributed by atoms with Crippen LogP contribution in [0.15, 0.2) is 40.7 Å². The van der Waals surface area contributed by atoms with Crippen molar-refractivity contribution in [2.24, 2.45) is 4.99 Å². The van der Waals surface area contributed by atoms with Crippen molar-refractivity contribution < 1.29 is 9.53 Å². The second-order valence-corrected chi connectivity index (χ2v) is 9.23. The molecule has 0 radical (unpaired) electrons. The molecule has 2 aliphatic heterocycles. The highest BCUT2D eigenvalue weighted by molar-refractivity contribution is 14.0. The summed E-state index contributed by atoms with van der Waals surface area (Å²) in [5, 5.41) is 6.55. The summed E-state index contributed by atoms with van der Waals surface area (Å²) in [4.78, 5) is 25.8. The van der Waals surface area contributed by atoms with Crippen LogP contribution in [0.25, 0.3) is 11.3 Å². The number of guanidine groups is 1. The molecular formula is C21H28IN5O2S. The van der Waals surface area contributed by atoms with Crippen molar-refractivity contribution in [2.45, 2.75) is 39.0 Å². The van der Waals surface area contributed by atoms with E-state index in [-0.39, 0.29) is 36.1 Å². The number of ether oxygens (including phenoxy) is 1. The summed E-state index contributed by atoms with van der Waals surface area (Å²) in [6.07, 6.45) is -0.241. The van der Waals surface area contributed by atoms with E-state index in [0.29, 0.717) is 26.2 Å². The fourth-order valence-electron chi connectivity index (χ4n) is 3.51. The Hall–Kier alpha value is -1.88. The fraction of sp³-hybridized carbons (Fsp3) is 0.476. The van der Waals surface area contributed by atoms with Gasteiger partial charge in [-0.05, 0) is 20.8 Å². The van der Waals surface area contributed by atoms with E-state index >= 15 is 0 Å². The Kier molecular flexibility index (Phi) is 7.22. The lowest BCUT2D eigenvalue weighted by Crippen LogP contribution is -2.57. The molecule has 1 atom stereocenters. The van der Waals surface area contributed by atoms with Crippen LogP contribution < -0.4 is 5.32 Å². The van der Waals surface area contributed by atoms with Gasteiger partial charge in [0.1, 0.15) is 10.6 Å². The topological polar surface area (TPSA) is 70.1 Å². The van der Waals surface area contributed by atoms with E-state index in [2.05, 4.69) is 32.7 Å². The molecule has 30 heavy (non-hydrogen) atoms. The molecule has 1 saturated heterocycles. The average molecular weight is 541 g/mol. The van der Waals surface area contributed by atoms with Crippen LogP contribution in [0.4, 0.5) is 4.79 Å². The number of aliphatic imine (C=N–C) groups is 1. The number of nitrogens with zero attached hydrogens (tertiary/aromatic N) is 4. The monoisotopic (exact) mass is 541 g/mol. The normalized spacial score (nSPS) is 18.4. The van der Waals surface area contributed by atoms with E-state index < -0.39 is 5.60 Å². The van der Waals surface area contributed by atoms with Crippen molar-refractivity contribution in [1.82, 2.24) is 20.1 Å². The minimum Gasteiger partial charge on any atom is -0.444 e. The molecule has 0 bridgehead atoms. The summed E-state index contributed by atoms with van der Waals surface area (Å²) in [5.74, 6) is 0.898. The molecule has 1 amide bonds. The molecule has 0 saturated carbocycles. The van der Waals surface area contributed by atoms with Crippen LogP contribution in [0.3, 0.4) is 0 Å². The van der Waals surface area contributed by atoms with Gasteiger partial charge in [-0.25, -0.2) is 9.78 Å². The minimum atomic E-state index is -0.473. The summed E-state index contributed by atoms with van der Waals surface area (Å²) in [6, 6.07) is 10.4. The number of carbonyl (C=O) groups is 1. The van der Waals surface area contributed by atoms with Crippen LogP contribution in [0.1, 0.15) is 25.8 Å². The number of fused-ring (bicyclic) bond motifs is 1. The Labute approximate surface area is 198 Å². The Morgan fingerprint density at radius 1 is 1.27 bits per heavy atom. The van der Waals surface area contributed by atoms with Crippen molar-refractivity contribution in [3.05, 3.63) is 40.7 Å². The predicted molar refractivity (Wildman–Crippen MR) is 130 cm³/mol. The van der Waals surface area contributed by atoms with E-state index in [9.17, 15) is 4.79 Å². The number of amides is 1. The second kappa shape index (κ2) is 9.51. The van der Waals surface area contributed by atoms with Crippen molar-refractivity contribution in [3.63, 3.8) is 0 Å². The van der Waals surface area contributed by atoms with Gasteiger partial charge < -0.3 is 19.9 Å². The van der Waals surface area contributed by atoms with E-state index in [1.807, 2.05) is 39.0 Å². The maximum absolute atomic E-state index is 12.3. The van der Waals surface area contributed by atoms with Crippen molar-refractivity contribution in [3.8, 4) is 11.3 Å². The molecule has 9 heteroatoms. The maximum Gasteiger partial charge on any atom is 0.410 e. The zero-order chi connectivity index (χ0) is 20.4. The zero-order valence-electron chi connectivity index (χ0n) is 17.5. The lowest BCUT2D eigenvalue weighted by molar-refractivity contribution is 0.0137. The standard InChI is InChI=1S/C21H27N5O2S.HI/c1-21(2,3)28-20(27)25-9-10-26-16(13-25)11-22-19(26)23-12-18-24-17(14-29-18)15-7-5-4-6-8-15;/h4-8,14,16H,9-13H2,1-3H3,(H,22,23);1H. The highest BCUT2D eigenvalue weighted by Gasteiger charge is 2.36. The highest BCUT2D eigenvalue weighted by Crippen LogP contribution is 2.22. The van der Waals surface area contributed by atoms with Crippen molar-refractivity contribution in [1.29, 1.82) is 0 Å². The molecule has 7 nitrogen and oxygen atoms in total. The number of halogens is 1. The third-order valence-corrected chi connectivity index (χ3v) is 5.73. The van der Waals surface area contributed by atoms with Crippen LogP contribution in [0, 0.1) is 0 Å². The van der Waals surface area contributed by atoms with Gasteiger partial charge in [0.15, 0.2) is 5.96 Å². The smallest absolute Gasteiger partial charge is 0.410 e. The summed E-state index contributed by atoms with van der Waals surface area (Å²) >= 11 is 1.65. The van der Waals surface area contributed by atoms with Gasteiger partial charge in [-0.3, -0.25) is 4.99 Å². The predicted octanol–water partition coefficient (Wildman–Crippen LogP) is 3.81. The molecule has 1 aromatic heterocycles. The maximum atomic E-state index is 12.3. The highest BCUT2D eigenvalue weighted by atomic mass is 127. The van der Waals surface area contributed by atoms with Gasteiger partial charge in [-0.2, -0.15) is 0 Å². The first kappa shape index (κ1) is 22.8. The number of hydrogen-bond acceptors (Lipinski definition) is 7. The lowest BCUT2D eigenvalue weighted by Gasteiger charge is -2.39. The van der Waals surface area contributed by atoms with Crippen LogP contribution in [-0.2, 0) is 11.3 Å². The van der Waals surface area contributed by atoms with Gasteiger partial charge in [0.2, 0.25) is 0 Å². The lowest BCUT2D eigenvalue weighted by atomic mass is 10.2. The molecule has 0 aliphatic carbocycles. The van der Waals surface area contributed by atoms with Gasteiger partial charge in [0, 0.05) is 30.6 Å². The summed E-state index contributed by atoms with van der Waals surface area (Å²) in [6.45, 7) is 9.05. The Balaban J connectivity index is 0.00000256. The van der Waals surface area contributed by atoms with E-state index in [1.54, 1.807) is 16.2 Å². The van der Waals surface area contributed by atoms with Crippen LogP contribution in [-0.4, -0.2) is 64.7 Å². The molecule has 0 spiro atoms. The largest absolute Gasteiger partial charge is 0.444 e. The number of hydrogen-bond donors (Lipinski definition) is 1. The molecule has 162 valence electrons. The Morgan fingerprint density at radius 3 is 2.77 bits per heavy atom. The number of carbonyl (C=O) groups excluding carboxylic acids is 1. The molecule has 2 aromatic rings. The van der Waals surface area contributed by atoms with Gasteiger partial charge in [0.05, 0.1) is 24.8 Å². The van der Waals surface area contributed by atoms with E-state index in [1.165, 1.54) is 0 Å². The van der Waals surface area contributed by atoms with Gasteiger partial charge in [-0.1, -0.05) is 30.3 Å². The molecule has 1 fully saturated rings. The van der Waals surface area contributed by atoms with Crippen LogP contribution in [0.5, 0.6) is 0 Å². The Morgan fingerprint density at radius 2 is 2.03 bits per heavy atom. The molecule has 3 heterocycles. The van der Waals surface area contributed by atoms with Gasteiger partial charge in [0.25, 0.3) is 0 Å². The number of aromatic nitrogens is 1. The van der Waals surface area contributed by atoms with Gasteiger partial charge in [-0.15, -0.1) is 35.3 Å². The fourth-order valence-corrected chi connectivity index (χ4v) is 4.25. The molecule has 1 N–H and O–H groups in total. The summed E-state index contributed by atoms with van der Waals surface area (Å²) in [7, 11) is 0. The average Bonchev–Trinajstić information content (AvgIpc) is 3.32. The van der Waals surface area contributed by atoms with Gasteiger partial charge >= 0.3 is 6.09 Å². The SMILES string of the molecule is CC(C)(C)OC(=O)N1CCN2C(NCc3nc(-c4ccccc4)cs3)=NCC2C1.I. The number of benzene rings is 1. The number of nitrogens with one attached hydrogen (secondary N) is 1. The minimum absolute atomic E-state index is 0. The molecule has 4 rings (SSSR count). The third-order valence-electron chi connectivity index (χ3n) is 4.88. The quantitative estimate of drug-likeness (QED) is 0.599. The second-order valence-electron chi connectivity index (χ2n) is 8.28. The van der Waals surface area contributed by atoms with Crippen molar-refractivity contribution >= 4 is 47.4 Å². The number of thiazole rings is 1. The first-order chi connectivity index (χ1) is 13.9. The third kappa shape index (κ3) is 5.42. The number of piperazine rings is 1. The summed E-state index contributed by atoms with van der Waals surface area (Å²) < 4.78 is 5.51. The molecule has 1 unspecified atom stereocenters. The number of rotatable bonds is 3. The first-order valence-corrected chi connectivity index (χ1v) is 10.8.